The van der Waals surface area contributed by atoms with Crippen LogP contribution in [0, 0.1) is 12.3 Å². The normalized spacial score (nSPS) is 20.8. The number of anilines is 1. The van der Waals surface area contributed by atoms with Crippen molar-refractivity contribution in [1.29, 1.82) is 0 Å². The van der Waals surface area contributed by atoms with E-state index in [0.717, 1.165) is 0 Å². The molecular weight excluding hydrogens is 324 g/mol. The molecule has 0 aliphatic carbocycles. The lowest BCUT2D eigenvalue weighted by atomic mass is 9.84. The van der Waals surface area contributed by atoms with Crippen molar-refractivity contribution >= 4 is 23.5 Å². The van der Waals surface area contributed by atoms with E-state index in [0.29, 0.717) is 24.5 Å². The molecule has 2 heterocycles. The minimum absolute atomic E-state index is 0.0531. The van der Waals surface area contributed by atoms with Crippen LogP contribution in [0.25, 0.3) is 0 Å². The quantitative estimate of drug-likeness (QED) is 0.583. The van der Waals surface area contributed by atoms with Crippen LogP contribution in [0.1, 0.15) is 46.1 Å². The predicted molar refractivity (Wildman–Crippen MR) is 92.5 cm³/mol. The molecule has 0 aromatic carbocycles. The molecule has 138 valence electrons. The van der Waals surface area contributed by atoms with E-state index in [4.69, 9.17) is 0 Å². The summed E-state index contributed by atoms with van der Waals surface area (Å²) in [7, 11) is 0. The molecule has 0 spiro atoms. The Morgan fingerprint density at radius 1 is 1.36 bits per heavy atom. The summed E-state index contributed by atoms with van der Waals surface area (Å²) in [6.45, 7) is 10.0. The van der Waals surface area contributed by atoms with Gasteiger partial charge in [0.2, 0.25) is 5.91 Å². The largest absolute Gasteiger partial charge is 0.348 e. The first-order valence-corrected chi connectivity index (χ1v) is 8.32. The molecule has 25 heavy (non-hydrogen) atoms. The number of nitrogens with one attached hydrogen (secondary N) is 4. The zero-order valence-electron chi connectivity index (χ0n) is 15.3. The Morgan fingerprint density at radius 3 is 2.64 bits per heavy atom. The van der Waals surface area contributed by atoms with Gasteiger partial charge in [-0.1, -0.05) is 20.8 Å². The number of carbonyl (C=O) groups is 3. The summed E-state index contributed by atoms with van der Waals surface area (Å²) >= 11 is 0. The van der Waals surface area contributed by atoms with Crippen LogP contribution >= 0.6 is 0 Å². The smallest absolute Gasteiger partial charge is 0.314 e. The summed E-state index contributed by atoms with van der Waals surface area (Å²) in [6.07, 6.45) is -0.246. The van der Waals surface area contributed by atoms with Crippen molar-refractivity contribution in [3.63, 3.8) is 0 Å². The van der Waals surface area contributed by atoms with Crippen molar-refractivity contribution in [3.05, 3.63) is 11.8 Å². The van der Waals surface area contributed by atoms with Crippen molar-refractivity contribution in [2.24, 2.45) is 5.41 Å². The lowest BCUT2D eigenvalue weighted by molar-refractivity contribution is -0.136. The van der Waals surface area contributed by atoms with Gasteiger partial charge in [-0.15, -0.1) is 0 Å². The number of hydrogen-bond donors (Lipinski definition) is 4. The van der Waals surface area contributed by atoms with Crippen molar-refractivity contribution in [2.45, 2.75) is 53.4 Å². The Kier molecular flexibility index (Phi) is 5.46. The fourth-order valence-electron chi connectivity index (χ4n) is 2.60. The molecule has 1 aliphatic heterocycles. The maximum Gasteiger partial charge on any atom is 0.314 e. The molecule has 1 aromatic heterocycles. The maximum atomic E-state index is 12.1. The molecule has 1 saturated heterocycles. The molecule has 9 heteroatoms. The van der Waals surface area contributed by atoms with E-state index < -0.39 is 18.1 Å². The summed E-state index contributed by atoms with van der Waals surface area (Å²) in [5.41, 5.74) is 0.531. The number of aromatic nitrogens is 2. The number of carbonyl (C=O) groups excluding carboxylic acids is 3. The van der Waals surface area contributed by atoms with Gasteiger partial charge in [-0.05, 0) is 19.3 Å². The summed E-state index contributed by atoms with van der Waals surface area (Å²) in [6, 6.07) is 1.59. The van der Waals surface area contributed by atoms with E-state index in [2.05, 4.69) is 26.4 Å². The SMILES string of the molecule is CCNC(=O)C(=O)Nc1cc(C)nn1C1NC(=O)CC(C(C)(C)C)N1. The van der Waals surface area contributed by atoms with Crippen molar-refractivity contribution in [2.75, 3.05) is 11.9 Å². The minimum Gasteiger partial charge on any atom is -0.348 e. The second-order valence-corrected chi connectivity index (χ2v) is 7.19. The molecule has 0 bridgehead atoms. The van der Waals surface area contributed by atoms with Crippen LogP contribution in [0.4, 0.5) is 5.82 Å². The van der Waals surface area contributed by atoms with Crippen LogP contribution in [-0.2, 0) is 14.4 Å². The Morgan fingerprint density at radius 2 is 2.04 bits per heavy atom. The van der Waals surface area contributed by atoms with Crippen LogP contribution in [0.2, 0.25) is 0 Å². The Hall–Kier alpha value is -2.42. The summed E-state index contributed by atoms with van der Waals surface area (Å²) in [5, 5.41) is 15.5. The van der Waals surface area contributed by atoms with Crippen LogP contribution in [0.15, 0.2) is 6.07 Å². The first-order chi connectivity index (χ1) is 11.6. The molecule has 2 rings (SSSR count). The Balaban J connectivity index is 2.23. The van der Waals surface area contributed by atoms with Gasteiger partial charge in [0.1, 0.15) is 5.82 Å². The van der Waals surface area contributed by atoms with E-state index in [1.807, 2.05) is 20.8 Å². The van der Waals surface area contributed by atoms with Crippen LogP contribution in [0.5, 0.6) is 0 Å². The lowest BCUT2D eigenvalue weighted by Gasteiger charge is -2.39. The van der Waals surface area contributed by atoms with Crippen LogP contribution in [-0.4, -0.2) is 40.1 Å². The average Bonchev–Trinajstić information content (AvgIpc) is 2.86. The van der Waals surface area contributed by atoms with E-state index in [1.54, 1.807) is 19.9 Å². The molecule has 1 aromatic rings. The highest BCUT2D eigenvalue weighted by Crippen LogP contribution is 2.26. The number of amides is 3. The van der Waals surface area contributed by atoms with Gasteiger partial charge in [0.05, 0.1) is 5.69 Å². The zero-order valence-corrected chi connectivity index (χ0v) is 15.3. The topological polar surface area (TPSA) is 117 Å². The third-order valence-corrected chi connectivity index (χ3v) is 3.98. The van der Waals surface area contributed by atoms with Gasteiger partial charge < -0.3 is 16.0 Å². The molecule has 1 aliphatic rings. The third-order valence-electron chi connectivity index (χ3n) is 3.98. The Labute approximate surface area is 146 Å². The number of nitrogens with zero attached hydrogens (tertiary/aromatic N) is 2. The molecule has 0 radical (unpaired) electrons. The Bertz CT molecular complexity index is 676. The average molecular weight is 350 g/mol. The second kappa shape index (κ2) is 7.22. The monoisotopic (exact) mass is 350 g/mol. The second-order valence-electron chi connectivity index (χ2n) is 7.19. The number of likely N-dealkylation sites (N-methyl/N-ethyl adjacent to an activating group) is 1. The first kappa shape index (κ1) is 18.9. The van der Waals surface area contributed by atoms with Gasteiger partial charge in [0.25, 0.3) is 0 Å². The summed E-state index contributed by atoms with van der Waals surface area (Å²) in [5.74, 6) is -1.27. The highest BCUT2D eigenvalue weighted by Gasteiger charge is 2.35. The molecule has 1 fully saturated rings. The highest BCUT2D eigenvalue weighted by atomic mass is 16.2. The van der Waals surface area contributed by atoms with Gasteiger partial charge in [-0.3, -0.25) is 19.7 Å². The van der Waals surface area contributed by atoms with Gasteiger partial charge in [0, 0.05) is 25.1 Å². The summed E-state index contributed by atoms with van der Waals surface area (Å²) < 4.78 is 1.47. The fourth-order valence-corrected chi connectivity index (χ4v) is 2.60. The zero-order chi connectivity index (χ0) is 18.8. The summed E-state index contributed by atoms with van der Waals surface area (Å²) in [4.78, 5) is 35.7. The van der Waals surface area contributed by atoms with Gasteiger partial charge in [-0.25, -0.2) is 4.68 Å². The number of hydrogen-bond acceptors (Lipinski definition) is 5. The molecule has 0 saturated carbocycles. The van der Waals surface area contributed by atoms with E-state index in [9.17, 15) is 14.4 Å². The molecule has 3 amide bonds. The van der Waals surface area contributed by atoms with Gasteiger partial charge in [-0.2, -0.15) is 5.10 Å². The van der Waals surface area contributed by atoms with E-state index in [-0.39, 0.29) is 17.4 Å². The number of aryl methyl sites for hydroxylation is 1. The third kappa shape index (κ3) is 4.56. The van der Waals surface area contributed by atoms with E-state index >= 15 is 0 Å². The molecule has 2 unspecified atom stereocenters. The van der Waals surface area contributed by atoms with Crippen LogP contribution in [0.3, 0.4) is 0 Å². The standard InChI is InChI=1S/C16H26N6O3/c1-6-17-13(24)14(25)19-11-7-9(2)21-22(11)15-18-10(16(3,4)5)8-12(23)20-15/h7,10,15,18H,6,8H2,1-5H3,(H,17,24)(H,19,25)(H,20,23). The fraction of sp³-hybridized carbons (Fsp3) is 0.625. The minimum atomic E-state index is -0.780. The first-order valence-electron chi connectivity index (χ1n) is 8.32. The lowest BCUT2D eigenvalue weighted by Crippen LogP contribution is -2.57. The molecule has 9 nitrogen and oxygen atoms in total. The van der Waals surface area contributed by atoms with Crippen molar-refractivity contribution < 1.29 is 14.4 Å². The molecule has 4 N–H and O–H groups in total. The van der Waals surface area contributed by atoms with E-state index in [1.165, 1.54) is 4.68 Å². The predicted octanol–water partition coefficient (Wildman–Crippen LogP) is 0.246. The van der Waals surface area contributed by atoms with Crippen molar-refractivity contribution in [3.8, 4) is 0 Å². The van der Waals surface area contributed by atoms with Crippen molar-refractivity contribution in [1.82, 2.24) is 25.7 Å². The van der Waals surface area contributed by atoms with Gasteiger partial charge >= 0.3 is 11.8 Å². The number of rotatable bonds is 3. The van der Waals surface area contributed by atoms with Gasteiger partial charge in [0.15, 0.2) is 6.29 Å². The highest BCUT2D eigenvalue weighted by molar-refractivity contribution is 6.39. The molecule has 2 atom stereocenters. The van der Waals surface area contributed by atoms with Crippen LogP contribution < -0.4 is 21.3 Å². The molecular formula is C16H26N6O3. The maximum absolute atomic E-state index is 12.1.